The third-order valence-corrected chi connectivity index (χ3v) is 3.53. The van der Waals surface area contributed by atoms with E-state index in [1.807, 2.05) is 53.3 Å². The highest BCUT2D eigenvalue weighted by Gasteiger charge is 2.08. The van der Waals surface area contributed by atoms with E-state index in [0.29, 0.717) is 17.7 Å². The van der Waals surface area contributed by atoms with Gasteiger partial charge in [0.05, 0.1) is 11.2 Å². The van der Waals surface area contributed by atoms with Gasteiger partial charge in [0.2, 0.25) is 0 Å². The number of aldehydes is 1. The second-order valence-electron chi connectivity index (χ2n) is 5.32. The van der Waals surface area contributed by atoms with Gasteiger partial charge in [0, 0.05) is 48.7 Å². The standard InChI is InChI=1S/C15H13N3O.C4H4O4/c1-17(18-9-7-12(10-18)11-19)15-6-8-16-14-5-3-2-4-13(14)15;5-3(6)1-2-4(7)8/h2-11H,1H3;1-2H,(H,5,6)(H,7,8)/b;2-1-. The lowest BCUT2D eigenvalue weighted by Gasteiger charge is -2.22. The van der Waals surface area contributed by atoms with E-state index in [1.165, 1.54) is 0 Å². The number of aromatic nitrogens is 2. The number of carbonyl (C=O) groups excluding carboxylic acids is 1. The van der Waals surface area contributed by atoms with E-state index in [-0.39, 0.29) is 0 Å². The lowest BCUT2D eigenvalue weighted by atomic mass is 10.2. The minimum Gasteiger partial charge on any atom is -0.478 e. The maximum absolute atomic E-state index is 10.7. The molecule has 0 aliphatic carbocycles. The lowest BCUT2D eigenvalue weighted by molar-refractivity contribution is -0.134. The molecule has 0 aliphatic rings. The molecule has 0 fully saturated rings. The van der Waals surface area contributed by atoms with E-state index >= 15 is 0 Å². The highest BCUT2D eigenvalue weighted by atomic mass is 16.4. The van der Waals surface area contributed by atoms with Crippen LogP contribution in [0.4, 0.5) is 5.69 Å². The van der Waals surface area contributed by atoms with Crippen LogP contribution in [-0.2, 0) is 9.59 Å². The van der Waals surface area contributed by atoms with Gasteiger partial charge in [-0.15, -0.1) is 0 Å². The smallest absolute Gasteiger partial charge is 0.328 e. The van der Waals surface area contributed by atoms with Crippen LogP contribution in [0.5, 0.6) is 0 Å². The second kappa shape index (κ2) is 8.95. The number of benzene rings is 1. The quantitative estimate of drug-likeness (QED) is 0.526. The Morgan fingerprint density at radius 1 is 1.07 bits per heavy atom. The fourth-order valence-corrected chi connectivity index (χ4v) is 2.29. The normalized spacial score (nSPS) is 10.3. The van der Waals surface area contributed by atoms with E-state index < -0.39 is 11.9 Å². The molecule has 1 aromatic carbocycles. The number of carboxylic acid groups (broad SMARTS) is 2. The minimum absolute atomic E-state index is 0.558. The molecule has 138 valence electrons. The summed E-state index contributed by atoms with van der Waals surface area (Å²) in [6.45, 7) is 0. The van der Waals surface area contributed by atoms with Crippen molar-refractivity contribution < 1.29 is 24.6 Å². The molecule has 27 heavy (non-hydrogen) atoms. The maximum atomic E-state index is 10.7. The molecule has 0 bridgehead atoms. The number of hydrogen-bond donors (Lipinski definition) is 2. The molecule has 0 radical (unpaired) electrons. The largest absolute Gasteiger partial charge is 0.478 e. The molecule has 0 spiro atoms. The Bertz CT molecular complexity index is 972. The summed E-state index contributed by atoms with van der Waals surface area (Å²) in [5, 5.41) is 18.7. The summed E-state index contributed by atoms with van der Waals surface area (Å²) >= 11 is 0. The van der Waals surface area contributed by atoms with Crippen LogP contribution >= 0.6 is 0 Å². The summed E-state index contributed by atoms with van der Waals surface area (Å²) < 4.78 is 1.88. The van der Waals surface area contributed by atoms with Gasteiger partial charge in [-0.3, -0.25) is 19.5 Å². The number of anilines is 1. The van der Waals surface area contributed by atoms with Crippen LogP contribution in [-0.4, -0.2) is 45.1 Å². The number of hydrogen-bond acceptors (Lipinski definition) is 5. The molecule has 3 aromatic rings. The highest BCUT2D eigenvalue weighted by Crippen LogP contribution is 2.24. The van der Waals surface area contributed by atoms with E-state index in [0.717, 1.165) is 22.9 Å². The fourth-order valence-electron chi connectivity index (χ4n) is 2.29. The van der Waals surface area contributed by atoms with E-state index in [4.69, 9.17) is 10.2 Å². The average Bonchev–Trinajstić information content (AvgIpc) is 3.15. The van der Waals surface area contributed by atoms with Crippen molar-refractivity contribution in [3.05, 3.63) is 72.7 Å². The zero-order valence-corrected chi connectivity index (χ0v) is 14.4. The van der Waals surface area contributed by atoms with Gasteiger partial charge in [-0.25, -0.2) is 9.59 Å². The molecule has 2 N–H and O–H groups in total. The zero-order chi connectivity index (χ0) is 19.8. The number of pyridine rings is 1. The van der Waals surface area contributed by atoms with Crippen LogP contribution in [0.1, 0.15) is 10.4 Å². The molecule has 0 amide bonds. The first-order chi connectivity index (χ1) is 12.9. The third kappa shape index (κ3) is 5.27. The van der Waals surface area contributed by atoms with E-state index in [2.05, 4.69) is 4.98 Å². The van der Waals surface area contributed by atoms with Crippen LogP contribution < -0.4 is 5.01 Å². The van der Waals surface area contributed by atoms with Crippen LogP contribution in [0.15, 0.2) is 67.1 Å². The number of aliphatic carboxylic acids is 2. The van der Waals surface area contributed by atoms with Crippen molar-refractivity contribution in [1.82, 2.24) is 9.66 Å². The van der Waals surface area contributed by atoms with Gasteiger partial charge in [0.1, 0.15) is 0 Å². The molecule has 2 heterocycles. The molecular weight excluding hydrogens is 350 g/mol. The third-order valence-electron chi connectivity index (χ3n) is 3.53. The summed E-state index contributed by atoms with van der Waals surface area (Å²) in [7, 11) is 1.95. The number of para-hydroxylation sites is 1. The molecular formula is C19H17N3O5. The van der Waals surface area contributed by atoms with Gasteiger partial charge in [-0.1, -0.05) is 18.2 Å². The van der Waals surface area contributed by atoms with Crippen LogP contribution in [0.2, 0.25) is 0 Å². The molecule has 8 heteroatoms. The Morgan fingerprint density at radius 2 is 1.74 bits per heavy atom. The van der Waals surface area contributed by atoms with Gasteiger partial charge < -0.3 is 10.2 Å². The summed E-state index contributed by atoms with van der Waals surface area (Å²) in [5.41, 5.74) is 2.65. The van der Waals surface area contributed by atoms with Gasteiger partial charge >= 0.3 is 11.9 Å². The summed E-state index contributed by atoms with van der Waals surface area (Å²) in [4.78, 5) is 34.2. The molecule has 0 atom stereocenters. The number of carbonyl (C=O) groups is 3. The molecule has 8 nitrogen and oxygen atoms in total. The van der Waals surface area contributed by atoms with Crippen molar-refractivity contribution >= 4 is 34.8 Å². The van der Waals surface area contributed by atoms with Crippen molar-refractivity contribution in [2.75, 3.05) is 12.1 Å². The summed E-state index contributed by atoms with van der Waals surface area (Å²) in [6, 6.07) is 11.7. The molecule has 3 rings (SSSR count). The van der Waals surface area contributed by atoms with E-state index in [9.17, 15) is 14.4 Å². The number of nitrogens with zero attached hydrogens (tertiary/aromatic N) is 3. The highest BCUT2D eigenvalue weighted by molar-refractivity contribution is 5.91. The van der Waals surface area contributed by atoms with Gasteiger partial charge in [0.25, 0.3) is 0 Å². The van der Waals surface area contributed by atoms with Crippen molar-refractivity contribution in [1.29, 1.82) is 0 Å². The number of rotatable bonds is 5. The first-order valence-electron chi connectivity index (χ1n) is 7.77. The molecule has 0 unspecified atom stereocenters. The van der Waals surface area contributed by atoms with Crippen molar-refractivity contribution in [2.24, 2.45) is 0 Å². The van der Waals surface area contributed by atoms with Crippen molar-refractivity contribution in [3.8, 4) is 0 Å². The summed E-state index contributed by atoms with van der Waals surface area (Å²) in [5.74, 6) is -2.51. The number of fused-ring (bicyclic) bond motifs is 1. The van der Waals surface area contributed by atoms with Gasteiger partial charge in [-0.2, -0.15) is 0 Å². The van der Waals surface area contributed by atoms with Gasteiger partial charge in [0.15, 0.2) is 6.29 Å². The van der Waals surface area contributed by atoms with Gasteiger partial charge in [-0.05, 0) is 18.2 Å². The van der Waals surface area contributed by atoms with Crippen LogP contribution in [0.3, 0.4) is 0 Å². The Morgan fingerprint density at radius 3 is 2.33 bits per heavy atom. The van der Waals surface area contributed by atoms with Crippen LogP contribution in [0, 0.1) is 0 Å². The SMILES string of the molecule is CN(c1ccnc2ccccc12)n1ccc(C=O)c1.O=C(O)/C=C\C(=O)O. The number of carboxylic acids is 2. The average molecular weight is 367 g/mol. The fraction of sp³-hybridized carbons (Fsp3) is 0.0526. The van der Waals surface area contributed by atoms with Crippen molar-refractivity contribution in [3.63, 3.8) is 0 Å². The molecule has 2 aromatic heterocycles. The maximum Gasteiger partial charge on any atom is 0.328 e. The summed E-state index contributed by atoms with van der Waals surface area (Å²) in [6.07, 6.45) is 7.40. The van der Waals surface area contributed by atoms with E-state index in [1.54, 1.807) is 18.5 Å². The Labute approximate surface area is 154 Å². The monoisotopic (exact) mass is 367 g/mol. The zero-order valence-electron chi connectivity index (χ0n) is 14.4. The lowest BCUT2D eigenvalue weighted by Crippen LogP contribution is -2.23. The van der Waals surface area contributed by atoms with Crippen LogP contribution in [0.25, 0.3) is 10.9 Å². The Hall–Kier alpha value is -3.94. The second-order valence-corrected chi connectivity index (χ2v) is 5.32. The minimum atomic E-state index is -1.26. The molecule has 0 saturated heterocycles. The molecule has 0 aliphatic heterocycles. The predicted molar refractivity (Wildman–Crippen MR) is 99.8 cm³/mol. The first kappa shape index (κ1) is 19.4. The topological polar surface area (TPSA) is 113 Å². The predicted octanol–water partition coefficient (Wildman–Crippen LogP) is 2.46. The first-order valence-corrected chi connectivity index (χ1v) is 7.77. The van der Waals surface area contributed by atoms with Crippen molar-refractivity contribution in [2.45, 2.75) is 0 Å². The molecule has 0 saturated carbocycles. The Kier molecular flexibility index (Phi) is 6.43. The Balaban J connectivity index is 0.000000279.